The summed E-state index contributed by atoms with van der Waals surface area (Å²) in [6.45, 7) is 4.49. The minimum Gasteiger partial charge on any atom is -0.486 e. The average Bonchev–Trinajstić information content (AvgIpc) is 2.67. The SMILES string of the molecule is CC(N)C(C)C(=O)Nc1ccccc1C(=O)Nc1ccc2c(c1)OCCO2.Cl. The molecule has 2 unspecified atom stereocenters. The first-order valence-corrected chi connectivity index (χ1v) is 8.82. The predicted molar refractivity (Wildman–Crippen MR) is 111 cm³/mol. The minimum absolute atomic E-state index is 0. The summed E-state index contributed by atoms with van der Waals surface area (Å²) in [5, 5.41) is 5.61. The van der Waals surface area contributed by atoms with E-state index in [2.05, 4.69) is 10.6 Å². The lowest BCUT2D eigenvalue weighted by atomic mass is 10.0. The molecule has 1 aliphatic rings. The van der Waals surface area contributed by atoms with Crippen LogP contribution in [-0.4, -0.2) is 31.1 Å². The molecule has 0 aromatic heterocycles. The number of hydrogen-bond acceptors (Lipinski definition) is 5. The van der Waals surface area contributed by atoms with Crippen LogP contribution in [0, 0.1) is 5.92 Å². The van der Waals surface area contributed by atoms with Crippen LogP contribution >= 0.6 is 12.4 Å². The molecule has 0 bridgehead atoms. The van der Waals surface area contributed by atoms with Gasteiger partial charge in [-0.2, -0.15) is 0 Å². The molecule has 28 heavy (non-hydrogen) atoms. The average molecular weight is 406 g/mol. The zero-order valence-electron chi connectivity index (χ0n) is 15.7. The molecule has 2 aromatic rings. The molecule has 4 N–H and O–H groups in total. The van der Waals surface area contributed by atoms with E-state index in [-0.39, 0.29) is 36.2 Å². The van der Waals surface area contributed by atoms with E-state index in [1.165, 1.54) is 0 Å². The quantitative estimate of drug-likeness (QED) is 0.709. The molecule has 0 saturated carbocycles. The highest BCUT2D eigenvalue weighted by Crippen LogP contribution is 2.33. The van der Waals surface area contributed by atoms with E-state index in [0.29, 0.717) is 41.7 Å². The first-order valence-electron chi connectivity index (χ1n) is 8.82. The van der Waals surface area contributed by atoms with Crippen LogP contribution in [0.5, 0.6) is 11.5 Å². The summed E-state index contributed by atoms with van der Waals surface area (Å²) >= 11 is 0. The number of halogens is 1. The van der Waals surface area contributed by atoms with Gasteiger partial charge in [0.15, 0.2) is 11.5 Å². The van der Waals surface area contributed by atoms with Crippen molar-refractivity contribution in [1.29, 1.82) is 0 Å². The highest BCUT2D eigenvalue weighted by atomic mass is 35.5. The second-order valence-electron chi connectivity index (χ2n) is 6.50. The van der Waals surface area contributed by atoms with Gasteiger partial charge in [-0.05, 0) is 31.2 Å². The molecule has 0 radical (unpaired) electrons. The van der Waals surface area contributed by atoms with Crippen LogP contribution in [0.25, 0.3) is 0 Å². The topological polar surface area (TPSA) is 103 Å². The van der Waals surface area contributed by atoms with Crippen molar-refractivity contribution in [2.24, 2.45) is 11.7 Å². The van der Waals surface area contributed by atoms with Crippen molar-refractivity contribution < 1.29 is 19.1 Å². The van der Waals surface area contributed by atoms with Gasteiger partial charge in [0.25, 0.3) is 5.91 Å². The zero-order chi connectivity index (χ0) is 19.4. The molecule has 8 heteroatoms. The number of carbonyl (C=O) groups is 2. The van der Waals surface area contributed by atoms with Crippen molar-refractivity contribution in [3.63, 3.8) is 0 Å². The molecule has 150 valence electrons. The fourth-order valence-electron chi connectivity index (χ4n) is 2.59. The van der Waals surface area contributed by atoms with E-state index in [9.17, 15) is 9.59 Å². The molecule has 2 atom stereocenters. The van der Waals surface area contributed by atoms with Gasteiger partial charge in [0.05, 0.1) is 17.2 Å². The molecule has 0 fully saturated rings. The molecular formula is C20H24ClN3O4. The number of carbonyl (C=O) groups excluding carboxylic acids is 2. The van der Waals surface area contributed by atoms with Gasteiger partial charge in [0, 0.05) is 17.8 Å². The van der Waals surface area contributed by atoms with E-state index in [0.717, 1.165) is 0 Å². The fraction of sp³-hybridized carbons (Fsp3) is 0.300. The second-order valence-corrected chi connectivity index (χ2v) is 6.50. The monoisotopic (exact) mass is 405 g/mol. The lowest BCUT2D eigenvalue weighted by Crippen LogP contribution is -2.34. The van der Waals surface area contributed by atoms with E-state index in [1.807, 2.05) is 0 Å². The van der Waals surface area contributed by atoms with Crippen molar-refractivity contribution in [2.75, 3.05) is 23.8 Å². The summed E-state index contributed by atoms with van der Waals surface area (Å²) in [7, 11) is 0. The Hall–Kier alpha value is -2.77. The number of nitrogens with one attached hydrogen (secondary N) is 2. The van der Waals surface area contributed by atoms with Crippen molar-refractivity contribution in [3.8, 4) is 11.5 Å². The minimum atomic E-state index is -0.376. The Morgan fingerprint density at radius 1 is 1.00 bits per heavy atom. The van der Waals surface area contributed by atoms with Gasteiger partial charge in [-0.25, -0.2) is 0 Å². The molecule has 0 aliphatic carbocycles. The number of fused-ring (bicyclic) bond motifs is 1. The van der Waals surface area contributed by atoms with Crippen molar-refractivity contribution in [1.82, 2.24) is 0 Å². The first-order chi connectivity index (χ1) is 13.0. The lowest BCUT2D eigenvalue weighted by molar-refractivity contribution is -0.119. The fourth-order valence-corrected chi connectivity index (χ4v) is 2.59. The lowest BCUT2D eigenvalue weighted by Gasteiger charge is -2.19. The number of nitrogens with two attached hydrogens (primary N) is 1. The highest BCUT2D eigenvalue weighted by Gasteiger charge is 2.20. The largest absolute Gasteiger partial charge is 0.486 e. The normalized spacial score (nSPS) is 14.2. The van der Waals surface area contributed by atoms with Crippen LogP contribution in [-0.2, 0) is 4.79 Å². The number of amides is 2. The van der Waals surface area contributed by atoms with Gasteiger partial charge in [0.1, 0.15) is 13.2 Å². The third-order valence-electron chi connectivity index (χ3n) is 4.43. The molecule has 2 amide bonds. The van der Waals surface area contributed by atoms with Crippen molar-refractivity contribution in [3.05, 3.63) is 48.0 Å². The number of rotatable bonds is 5. The first kappa shape index (κ1) is 21.5. The van der Waals surface area contributed by atoms with Crippen LogP contribution in [0.4, 0.5) is 11.4 Å². The Balaban J connectivity index is 0.00000280. The standard InChI is InChI=1S/C20H23N3O4.ClH/c1-12(13(2)21)19(24)23-16-6-4-3-5-15(16)20(25)22-14-7-8-17-18(11-14)27-10-9-26-17;/h3-8,11-13H,9-10,21H2,1-2H3,(H,22,25)(H,23,24);1H. The highest BCUT2D eigenvalue weighted by molar-refractivity contribution is 6.10. The number of hydrogen-bond donors (Lipinski definition) is 3. The molecule has 0 saturated heterocycles. The van der Waals surface area contributed by atoms with Gasteiger partial charge in [-0.3, -0.25) is 9.59 Å². The van der Waals surface area contributed by atoms with Gasteiger partial charge >= 0.3 is 0 Å². The van der Waals surface area contributed by atoms with Crippen molar-refractivity contribution in [2.45, 2.75) is 19.9 Å². The summed E-state index contributed by atoms with van der Waals surface area (Å²) in [5.41, 5.74) is 7.16. The maximum Gasteiger partial charge on any atom is 0.257 e. The summed E-state index contributed by atoms with van der Waals surface area (Å²) in [5.74, 6) is 0.294. The van der Waals surface area contributed by atoms with E-state index in [1.54, 1.807) is 56.3 Å². The van der Waals surface area contributed by atoms with Crippen LogP contribution in [0.2, 0.25) is 0 Å². The molecule has 1 heterocycles. The summed E-state index contributed by atoms with van der Waals surface area (Å²) < 4.78 is 11.0. The van der Waals surface area contributed by atoms with Gasteiger partial charge < -0.3 is 25.8 Å². The van der Waals surface area contributed by atoms with Crippen LogP contribution in [0.15, 0.2) is 42.5 Å². The number of benzene rings is 2. The number of ether oxygens (including phenoxy) is 2. The maximum absolute atomic E-state index is 12.7. The summed E-state index contributed by atoms with van der Waals surface area (Å²) in [6.07, 6.45) is 0. The van der Waals surface area contributed by atoms with E-state index >= 15 is 0 Å². The van der Waals surface area contributed by atoms with Crippen LogP contribution in [0.1, 0.15) is 24.2 Å². The van der Waals surface area contributed by atoms with Crippen LogP contribution in [0.3, 0.4) is 0 Å². The van der Waals surface area contributed by atoms with E-state index < -0.39 is 0 Å². The molecule has 0 spiro atoms. The van der Waals surface area contributed by atoms with Crippen molar-refractivity contribution >= 4 is 35.6 Å². The zero-order valence-corrected chi connectivity index (χ0v) is 16.5. The molecule has 2 aromatic carbocycles. The van der Waals surface area contributed by atoms with Gasteiger partial charge in [-0.1, -0.05) is 19.1 Å². The third-order valence-corrected chi connectivity index (χ3v) is 4.43. The summed E-state index contributed by atoms with van der Waals surface area (Å²) in [6, 6.07) is 11.8. The van der Waals surface area contributed by atoms with Gasteiger partial charge in [-0.15, -0.1) is 12.4 Å². The Morgan fingerprint density at radius 2 is 1.68 bits per heavy atom. The molecule has 7 nitrogen and oxygen atoms in total. The Labute approximate surface area is 170 Å². The second kappa shape index (κ2) is 9.43. The molecule has 3 rings (SSSR count). The van der Waals surface area contributed by atoms with Crippen LogP contribution < -0.4 is 25.8 Å². The van der Waals surface area contributed by atoms with E-state index in [4.69, 9.17) is 15.2 Å². The Bertz CT molecular complexity index is 857. The molecular weight excluding hydrogens is 382 g/mol. The number of para-hydroxylation sites is 1. The maximum atomic E-state index is 12.7. The third kappa shape index (κ3) is 4.94. The summed E-state index contributed by atoms with van der Waals surface area (Å²) in [4.78, 5) is 25.0. The smallest absolute Gasteiger partial charge is 0.257 e. The van der Waals surface area contributed by atoms with Gasteiger partial charge in [0.2, 0.25) is 5.91 Å². The Morgan fingerprint density at radius 3 is 2.39 bits per heavy atom. The molecule has 1 aliphatic heterocycles. The Kier molecular flexibility index (Phi) is 7.25. The predicted octanol–water partition coefficient (Wildman–Crippen LogP) is 3.05. The number of anilines is 2.